The molecular weight excluding hydrogens is 208 g/mol. The van der Waals surface area contributed by atoms with Crippen LogP contribution in [0.25, 0.3) is 0 Å². The smallest absolute Gasteiger partial charge is 0.0616 e. The van der Waals surface area contributed by atoms with Gasteiger partial charge in [-0.1, -0.05) is 62.9 Å². The van der Waals surface area contributed by atoms with Gasteiger partial charge >= 0.3 is 0 Å². The zero-order valence-electron chi connectivity index (χ0n) is 11.0. The Bertz CT molecular complexity index is 268. The van der Waals surface area contributed by atoms with Crippen molar-refractivity contribution in [2.24, 2.45) is 0 Å². The highest BCUT2D eigenvalue weighted by molar-refractivity contribution is 5.15. The first-order valence-electron chi connectivity index (χ1n) is 6.81. The molecule has 0 saturated carbocycles. The lowest BCUT2D eigenvalue weighted by Crippen LogP contribution is -2.12. The Morgan fingerprint density at radius 3 is 2.47 bits per heavy atom. The van der Waals surface area contributed by atoms with Crippen molar-refractivity contribution < 1.29 is 4.74 Å². The minimum Gasteiger partial charge on any atom is -0.378 e. The Hall–Kier alpha value is -0.820. The zero-order chi connectivity index (χ0) is 12.3. The van der Waals surface area contributed by atoms with E-state index in [1.54, 1.807) is 0 Å². The van der Waals surface area contributed by atoms with E-state index < -0.39 is 0 Å². The molecule has 0 N–H and O–H groups in total. The van der Waals surface area contributed by atoms with Gasteiger partial charge in [0, 0.05) is 6.61 Å². The Kier molecular flexibility index (Phi) is 7.74. The minimum absolute atomic E-state index is 0.0866. The predicted octanol–water partition coefficient (Wildman–Crippen LogP) is 4.42. The van der Waals surface area contributed by atoms with E-state index in [-0.39, 0.29) is 6.10 Å². The van der Waals surface area contributed by atoms with Crippen molar-refractivity contribution in [3.05, 3.63) is 42.8 Å². The summed E-state index contributed by atoms with van der Waals surface area (Å²) in [6, 6.07) is 10.4. The summed E-state index contributed by atoms with van der Waals surface area (Å²) in [7, 11) is 0. The molecule has 1 heteroatoms. The lowest BCUT2D eigenvalue weighted by Gasteiger charge is -2.12. The molecule has 1 rings (SSSR count). The molecule has 1 aromatic rings. The van der Waals surface area contributed by atoms with E-state index in [1.807, 2.05) is 6.07 Å². The number of benzene rings is 1. The Balaban J connectivity index is 2.03. The number of unbranched alkanes of at least 4 members (excludes halogenated alkanes) is 4. The summed E-state index contributed by atoms with van der Waals surface area (Å²) in [6.07, 6.45) is 7.43. The molecule has 1 radical (unpaired) electrons. The second-order valence-electron chi connectivity index (χ2n) is 4.60. The molecule has 1 nitrogen and oxygen atoms in total. The number of hydrogen-bond acceptors (Lipinski definition) is 1. The van der Waals surface area contributed by atoms with Crippen LogP contribution in [0, 0.1) is 6.92 Å². The second kappa shape index (κ2) is 9.23. The molecule has 95 valence electrons. The van der Waals surface area contributed by atoms with E-state index in [9.17, 15) is 0 Å². The maximum atomic E-state index is 5.72. The highest BCUT2D eigenvalue weighted by atomic mass is 16.5. The van der Waals surface area contributed by atoms with Crippen LogP contribution in [0.4, 0.5) is 0 Å². The van der Waals surface area contributed by atoms with Gasteiger partial charge in [-0.2, -0.15) is 0 Å². The lowest BCUT2D eigenvalue weighted by atomic mass is 10.1. The third-order valence-corrected chi connectivity index (χ3v) is 2.91. The third-order valence-electron chi connectivity index (χ3n) is 2.91. The van der Waals surface area contributed by atoms with Gasteiger partial charge in [0.1, 0.15) is 0 Å². The molecule has 0 saturated heterocycles. The van der Waals surface area contributed by atoms with Gasteiger partial charge in [0.05, 0.1) is 6.10 Å². The van der Waals surface area contributed by atoms with E-state index in [0.29, 0.717) is 0 Å². The maximum absolute atomic E-state index is 5.72. The zero-order valence-corrected chi connectivity index (χ0v) is 11.0. The van der Waals surface area contributed by atoms with Gasteiger partial charge in [0.2, 0.25) is 0 Å². The van der Waals surface area contributed by atoms with Crippen molar-refractivity contribution in [2.75, 3.05) is 6.61 Å². The van der Waals surface area contributed by atoms with Crippen molar-refractivity contribution in [3.63, 3.8) is 0 Å². The first-order chi connectivity index (χ1) is 8.33. The first-order valence-corrected chi connectivity index (χ1v) is 6.81. The van der Waals surface area contributed by atoms with Gasteiger partial charge in [-0.25, -0.2) is 0 Å². The van der Waals surface area contributed by atoms with Crippen LogP contribution in [0.15, 0.2) is 30.3 Å². The molecule has 0 bridgehead atoms. The van der Waals surface area contributed by atoms with Crippen molar-refractivity contribution in [2.45, 2.75) is 51.6 Å². The molecule has 0 spiro atoms. The van der Waals surface area contributed by atoms with E-state index >= 15 is 0 Å². The molecule has 0 aliphatic carbocycles. The lowest BCUT2D eigenvalue weighted by molar-refractivity contribution is 0.0803. The molecule has 1 aromatic carbocycles. The molecule has 1 unspecified atom stereocenters. The molecule has 17 heavy (non-hydrogen) atoms. The van der Waals surface area contributed by atoms with Crippen molar-refractivity contribution >= 4 is 0 Å². The summed E-state index contributed by atoms with van der Waals surface area (Å²) in [4.78, 5) is 0. The van der Waals surface area contributed by atoms with Crippen LogP contribution in [0.3, 0.4) is 0 Å². The van der Waals surface area contributed by atoms with Gasteiger partial charge in [0.15, 0.2) is 0 Å². The fourth-order valence-electron chi connectivity index (χ4n) is 1.89. The summed E-state index contributed by atoms with van der Waals surface area (Å²) in [5.41, 5.74) is 1.30. The Morgan fingerprint density at radius 1 is 1.06 bits per heavy atom. The van der Waals surface area contributed by atoms with Gasteiger partial charge in [0.25, 0.3) is 0 Å². The third kappa shape index (κ3) is 7.17. The molecule has 0 aliphatic heterocycles. The van der Waals surface area contributed by atoms with Crippen LogP contribution in [0.2, 0.25) is 0 Å². The van der Waals surface area contributed by atoms with E-state index in [1.165, 1.54) is 37.7 Å². The van der Waals surface area contributed by atoms with Crippen LogP contribution in [0.1, 0.15) is 44.6 Å². The highest BCUT2D eigenvalue weighted by Crippen LogP contribution is 2.07. The summed E-state index contributed by atoms with van der Waals surface area (Å²) < 4.78 is 5.72. The monoisotopic (exact) mass is 233 g/mol. The van der Waals surface area contributed by atoms with Gasteiger partial charge in [-0.15, -0.1) is 0 Å². The molecule has 0 heterocycles. The summed E-state index contributed by atoms with van der Waals surface area (Å²) in [6.45, 7) is 7.14. The SMILES string of the molecule is [CH2]C(Cc1ccccc1)OCCCCCCC. The fourth-order valence-corrected chi connectivity index (χ4v) is 1.89. The second-order valence-corrected chi connectivity index (χ2v) is 4.60. The van der Waals surface area contributed by atoms with Crippen LogP contribution in [0.5, 0.6) is 0 Å². The van der Waals surface area contributed by atoms with Crippen molar-refractivity contribution in [1.82, 2.24) is 0 Å². The van der Waals surface area contributed by atoms with Gasteiger partial charge < -0.3 is 4.74 Å². The normalized spacial score (nSPS) is 12.6. The topological polar surface area (TPSA) is 9.23 Å². The summed E-state index contributed by atoms with van der Waals surface area (Å²) >= 11 is 0. The van der Waals surface area contributed by atoms with Gasteiger partial charge in [-0.3, -0.25) is 0 Å². The highest BCUT2D eigenvalue weighted by Gasteiger charge is 2.03. The number of rotatable bonds is 9. The minimum atomic E-state index is 0.0866. The Labute approximate surface area is 106 Å². The molecule has 0 fully saturated rings. The molecule has 1 atom stereocenters. The average Bonchev–Trinajstić information content (AvgIpc) is 2.35. The van der Waals surface area contributed by atoms with E-state index in [4.69, 9.17) is 4.74 Å². The Morgan fingerprint density at radius 2 is 1.76 bits per heavy atom. The fraction of sp³-hybridized carbons (Fsp3) is 0.562. The molecule has 0 aromatic heterocycles. The number of ether oxygens (including phenoxy) is 1. The average molecular weight is 233 g/mol. The van der Waals surface area contributed by atoms with Crippen molar-refractivity contribution in [1.29, 1.82) is 0 Å². The van der Waals surface area contributed by atoms with Crippen LogP contribution < -0.4 is 0 Å². The van der Waals surface area contributed by atoms with E-state index in [2.05, 4.69) is 38.1 Å². The maximum Gasteiger partial charge on any atom is 0.0616 e. The summed E-state index contributed by atoms with van der Waals surface area (Å²) in [5.74, 6) is 0. The summed E-state index contributed by atoms with van der Waals surface area (Å²) in [5, 5.41) is 0. The van der Waals surface area contributed by atoms with Crippen LogP contribution in [-0.4, -0.2) is 12.7 Å². The standard InChI is InChI=1S/C16H25O/c1-3-4-5-6-10-13-17-15(2)14-16-11-8-7-9-12-16/h7-9,11-12,15H,2-6,10,13-14H2,1H3. The van der Waals surface area contributed by atoms with Crippen LogP contribution in [-0.2, 0) is 11.2 Å². The number of hydrogen-bond donors (Lipinski definition) is 0. The van der Waals surface area contributed by atoms with Crippen LogP contribution >= 0.6 is 0 Å². The predicted molar refractivity (Wildman–Crippen MR) is 74.0 cm³/mol. The largest absolute Gasteiger partial charge is 0.378 e. The quantitative estimate of drug-likeness (QED) is 0.574. The molecule has 0 aliphatic rings. The van der Waals surface area contributed by atoms with Crippen molar-refractivity contribution in [3.8, 4) is 0 Å². The molecular formula is C16H25O. The first kappa shape index (κ1) is 14.2. The van der Waals surface area contributed by atoms with Gasteiger partial charge in [-0.05, 0) is 25.3 Å². The molecule has 0 amide bonds. The van der Waals surface area contributed by atoms with E-state index in [0.717, 1.165) is 13.0 Å².